The van der Waals surface area contributed by atoms with Crippen LogP contribution >= 0.6 is 11.6 Å². The van der Waals surface area contributed by atoms with Crippen molar-refractivity contribution in [1.82, 2.24) is 0 Å². The molecule has 0 atom stereocenters. The van der Waals surface area contributed by atoms with Gasteiger partial charge in [0.25, 0.3) is 0 Å². The first-order chi connectivity index (χ1) is 9.29. The van der Waals surface area contributed by atoms with Gasteiger partial charge in [0, 0.05) is 16.1 Å². The third kappa shape index (κ3) is 4.03. The number of ether oxygens (including phenoxy) is 1. The second-order valence-corrected chi connectivity index (χ2v) is 4.28. The van der Waals surface area contributed by atoms with Gasteiger partial charge in [-0.25, -0.2) is 0 Å². The molecule has 2 rings (SSSR count). The highest BCUT2D eigenvalue weighted by Crippen LogP contribution is 2.19. The van der Waals surface area contributed by atoms with Gasteiger partial charge in [-0.1, -0.05) is 47.7 Å². The van der Waals surface area contributed by atoms with Crippen molar-refractivity contribution in [3.8, 4) is 17.6 Å². The SMILES string of the molecule is OCC#Cc1cccc(OCc2ccccc2Cl)c1. The highest BCUT2D eigenvalue weighted by atomic mass is 35.5. The van der Waals surface area contributed by atoms with Gasteiger partial charge in [0.2, 0.25) is 0 Å². The van der Waals surface area contributed by atoms with Crippen molar-refractivity contribution < 1.29 is 9.84 Å². The predicted molar refractivity (Wildman–Crippen MR) is 76.2 cm³/mol. The van der Waals surface area contributed by atoms with Gasteiger partial charge >= 0.3 is 0 Å². The van der Waals surface area contributed by atoms with Crippen LogP contribution in [-0.4, -0.2) is 11.7 Å². The summed E-state index contributed by atoms with van der Waals surface area (Å²) in [4.78, 5) is 0. The van der Waals surface area contributed by atoms with Crippen LogP contribution in [0.1, 0.15) is 11.1 Å². The number of hydrogen-bond acceptors (Lipinski definition) is 2. The monoisotopic (exact) mass is 272 g/mol. The average molecular weight is 273 g/mol. The van der Waals surface area contributed by atoms with E-state index in [-0.39, 0.29) is 6.61 Å². The Morgan fingerprint density at radius 1 is 1.11 bits per heavy atom. The Morgan fingerprint density at radius 2 is 1.95 bits per heavy atom. The van der Waals surface area contributed by atoms with Gasteiger partial charge in [0.1, 0.15) is 19.0 Å². The Bertz CT molecular complexity index is 611. The van der Waals surface area contributed by atoms with Gasteiger partial charge in [-0.3, -0.25) is 0 Å². The number of halogens is 1. The highest BCUT2D eigenvalue weighted by molar-refractivity contribution is 6.31. The molecule has 3 heteroatoms. The molecule has 0 heterocycles. The molecule has 0 aliphatic heterocycles. The van der Waals surface area contributed by atoms with Crippen molar-refractivity contribution in [1.29, 1.82) is 0 Å². The summed E-state index contributed by atoms with van der Waals surface area (Å²) in [7, 11) is 0. The third-order valence-electron chi connectivity index (χ3n) is 2.50. The number of benzene rings is 2. The molecular weight excluding hydrogens is 260 g/mol. The van der Waals surface area contributed by atoms with Crippen LogP contribution in [0.2, 0.25) is 5.02 Å². The molecule has 19 heavy (non-hydrogen) atoms. The zero-order valence-corrected chi connectivity index (χ0v) is 11.0. The first kappa shape index (κ1) is 13.5. The maximum atomic E-state index is 8.66. The van der Waals surface area contributed by atoms with Crippen LogP contribution in [-0.2, 0) is 6.61 Å². The molecule has 0 spiro atoms. The molecule has 0 aliphatic carbocycles. The molecular formula is C16H13ClO2. The minimum Gasteiger partial charge on any atom is -0.489 e. The Labute approximate surface area is 117 Å². The maximum Gasteiger partial charge on any atom is 0.121 e. The molecule has 1 N–H and O–H groups in total. The summed E-state index contributed by atoms with van der Waals surface area (Å²) in [6.07, 6.45) is 0. The lowest BCUT2D eigenvalue weighted by atomic mass is 10.2. The maximum absolute atomic E-state index is 8.66. The molecule has 2 aromatic rings. The number of aliphatic hydroxyl groups excluding tert-OH is 1. The summed E-state index contributed by atoms with van der Waals surface area (Å²) in [6.45, 7) is 0.265. The first-order valence-electron chi connectivity index (χ1n) is 5.85. The summed E-state index contributed by atoms with van der Waals surface area (Å²) >= 11 is 6.06. The molecule has 0 unspecified atom stereocenters. The van der Waals surface area contributed by atoms with E-state index in [1.165, 1.54) is 0 Å². The number of rotatable bonds is 3. The molecule has 0 aliphatic rings. The van der Waals surface area contributed by atoms with Gasteiger partial charge in [-0.2, -0.15) is 0 Å². The first-order valence-corrected chi connectivity index (χ1v) is 6.23. The average Bonchev–Trinajstić information content (AvgIpc) is 2.45. The molecule has 96 valence electrons. The zero-order valence-electron chi connectivity index (χ0n) is 10.3. The lowest BCUT2D eigenvalue weighted by Gasteiger charge is -2.07. The van der Waals surface area contributed by atoms with E-state index < -0.39 is 0 Å². The minimum atomic E-state index is -0.148. The van der Waals surface area contributed by atoms with Gasteiger partial charge in [0.05, 0.1) is 0 Å². The van der Waals surface area contributed by atoms with Gasteiger partial charge in [-0.05, 0) is 24.3 Å². The van der Waals surface area contributed by atoms with Crippen LogP contribution in [0.4, 0.5) is 0 Å². The van der Waals surface area contributed by atoms with E-state index in [1.54, 1.807) is 0 Å². The van der Waals surface area contributed by atoms with Crippen molar-refractivity contribution in [2.45, 2.75) is 6.61 Å². The van der Waals surface area contributed by atoms with Crippen LogP contribution in [0.5, 0.6) is 5.75 Å². The Kier molecular flexibility index (Phi) is 4.85. The fourth-order valence-electron chi connectivity index (χ4n) is 1.58. The van der Waals surface area contributed by atoms with E-state index in [1.807, 2.05) is 48.5 Å². The second kappa shape index (κ2) is 6.84. The highest BCUT2D eigenvalue weighted by Gasteiger charge is 2.00. The molecule has 0 radical (unpaired) electrons. The summed E-state index contributed by atoms with van der Waals surface area (Å²) in [5.41, 5.74) is 1.75. The van der Waals surface area contributed by atoms with Crippen molar-refractivity contribution >= 4 is 11.6 Å². The van der Waals surface area contributed by atoms with Crippen LogP contribution in [0, 0.1) is 11.8 Å². The second-order valence-electron chi connectivity index (χ2n) is 3.87. The standard InChI is InChI=1S/C16H13ClO2/c17-16-9-2-1-7-14(16)12-19-15-8-3-5-13(11-15)6-4-10-18/h1-3,5,7-9,11,18H,10,12H2. The van der Waals surface area contributed by atoms with Crippen molar-refractivity contribution in [2.75, 3.05) is 6.61 Å². The molecule has 0 fully saturated rings. The van der Waals surface area contributed by atoms with Crippen LogP contribution in [0.3, 0.4) is 0 Å². The Balaban J connectivity index is 2.06. The summed E-state index contributed by atoms with van der Waals surface area (Å²) in [5, 5.41) is 9.35. The van der Waals surface area contributed by atoms with Crippen molar-refractivity contribution in [3.05, 3.63) is 64.7 Å². The van der Waals surface area contributed by atoms with E-state index in [2.05, 4.69) is 11.8 Å². The van der Waals surface area contributed by atoms with Crippen molar-refractivity contribution in [2.24, 2.45) is 0 Å². The topological polar surface area (TPSA) is 29.5 Å². The summed E-state index contributed by atoms with van der Waals surface area (Å²) in [5.74, 6) is 6.17. The lowest BCUT2D eigenvalue weighted by Crippen LogP contribution is -1.96. The Hall–Kier alpha value is -1.95. The zero-order chi connectivity index (χ0) is 13.5. The van der Waals surface area contributed by atoms with E-state index >= 15 is 0 Å². The fourth-order valence-corrected chi connectivity index (χ4v) is 1.77. The molecule has 0 amide bonds. The fraction of sp³-hybridized carbons (Fsp3) is 0.125. The molecule has 2 nitrogen and oxygen atoms in total. The minimum absolute atomic E-state index is 0.148. The summed E-state index contributed by atoms with van der Waals surface area (Å²) < 4.78 is 5.68. The predicted octanol–water partition coefficient (Wildman–Crippen LogP) is 3.26. The van der Waals surface area contributed by atoms with E-state index in [4.69, 9.17) is 21.4 Å². The molecule has 0 aromatic heterocycles. The molecule has 0 bridgehead atoms. The lowest BCUT2D eigenvalue weighted by molar-refractivity contribution is 0.306. The van der Waals surface area contributed by atoms with E-state index in [0.717, 1.165) is 16.9 Å². The van der Waals surface area contributed by atoms with Crippen LogP contribution < -0.4 is 4.74 Å². The smallest absolute Gasteiger partial charge is 0.121 e. The number of aliphatic hydroxyl groups is 1. The number of hydrogen-bond donors (Lipinski definition) is 1. The molecule has 2 aromatic carbocycles. The normalized spacial score (nSPS) is 9.58. The Morgan fingerprint density at radius 3 is 2.74 bits per heavy atom. The van der Waals surface area contributed by atoms with E-state index in [0.29, 0.717) is 11.6 Å². The third-order valence-corrected chi connectivity index (χ3v) is 2.87. The van der Waals surface area contributed by atoms with Gasteiger partial charge in [-0.15, -0.1) is 0 Å². The molecule has 0 saturated carbocycles. The molecule has 0 saturated heterocycles. The summed E-state index contributed by atoms with van der Waals surface area (Å²) in [6, 6.07) is 15.0. The van der Waals surface area contributed by atoms with Gasteiger partial charge in [0.15, 0.2) is 0 Å². The van der Waals surface area contributed by atoms with Crippen LogP contribution in [0.25, 0.3) is 0 Å². The van der Waals surface area contributed by atoms with Crippen LogP contribution in [0.15, 0.2) is 48.5 Å². The quantitative estimate of drug-likeness (QED) is 0.869. The largest absolute Gasteiger partial charge is 0.489 e. The van der Waals surface area contributed by atoms with E-state index in [9.17, 15) is 0 Å². The van der Waals surface area contributed by atoms with Gasteiger partial charge < -0.3 is 9.84 Å². The van der Waals surface area contributed by atoms with Crippen molar-refractivity contribution in [3.63, 3.8) is 0 Å².